The molecule has 5 nitrogen and oxygen atoms in total. The molecule has 1 aliphatic rings. The van der Waals surface area contributed by atoms with Gasteiger partial charge in [0.15, 0.2) is 5.96 Å². The topological polar surface area (TPSA) is 42.9 Å². The maximum absolute atomic E-state index is 4.70. The van der Waals surface area contributed by atoms with Crippen LogP contribution in [0.5, 0.6) is 0 Å². The minimum absolute atomic E-state index is 0. The minimum Gasteiger partial charge on any atom is -0.357 e. The number of hydrogen-bond acceptors (Lipinski definition) is 3. The summed E-state index contributed by atoms with van der Waals surface area (Å²) in [5, 5.41) is 6.66. The Hall–Kier alpha value is -0.0800. The molecule has 1 rings (SSSR count). The number of hydrogen-bond donors (Lipinski definition) is 2. The van der Waals surface area contributed by atoms with Gasteiger partial charge in [-0.05, 0) is 26.8 Å². The lowest BCUT2D eigenvalue weighted by Crippen LogP contribution is -2.50. The Balaban J connectivity index is 0.00000400. The van der Waals surface area contributed by atoms with Gasteiger partial charge in [0.2, 0.25) is 0 Å². The van der Waals surface area contributed by atoms with E-state index in [4.69, 9.17) is 4.99 Å². The highest BCUT2D eigenvalue weighted by Crippen LogP contribution is 2.06. The van der Waals surface area contributed by atoms with Crippen LogP contribution in [0.3, 0.4) is 0 Å². The predicted octanol–water partition coefficient (Wildman–Crippen LogP) is 1.60. The molecule has 21 heavy (non-hydrogen) atoms. The molecule has 0 spiro atoms. The van der Waals surface area contributed by atoms with Crippen molar-refractivity contribution in [2.24, 2.45) is 4.99 Å². The largest absolute Gasteiger partial charge is 0.357 e. The first-order valence-electron chi connectivity index (χ1n) is 8.19. The van der Waals surface area contributed by atoms with Crippen molar-refractivity contribution in [1.29, 1.82) is 0 Å². The third-order valence-corrected chi connectivity index (χ3v) is 3.88. The highest BCUT2D eigenvalue weighted by molar-refractivity contribution is 14.0. The van der Waals surface area contributed by atoms with E-state index >= 15 is 0 Å². The number of likely N-dealkylation sites (N-methyl/N-ethyl adjacent to an activating group) is 1. The van der Waals surface area contributed by atoms with Crippen molar-refractivity contribution >= 4 is 29.9 Å². The van der Waals surface area contributed by atoms with Gasteiger partial charge in [0.05, 0.1) is 6.54 Å². The molecule has 126 valence electrons. The molecule has 1 fully saturated rings. The fourth-order valence-corrected chi connectivity index (χ4v) is 2.44. The number of halogens is 1. The Morgan fingerprint density at radius 3 is 2.29 bits per heavy atom. The van der Waals surface area contributed by atoms with Crippen molar-refractivity contribution < 1.29 is 0 Å². The molecule has 0 amide bonds. The molecule has 0 aromatic carbocycles. The van der Waals surface area contributed by atoms with Crippen LogP contribution in [0.1, 0.15) is 34.1 Å². The maximum Gasteiger partial charge on any atom is 0.191 e. The van der Waals surface area contributed by atoms with Gasteiger partial charge in [0.1, 0.15) is 0 Å². The summed E-state index contributed by atoms with van der Waals surface area (Å²) in [5.41, 5.74) is 0. The van der Waals surface area contributed by atoms with E-state index in [1.54, 1.807) is 0 Å². The molecule has 6 heteroatoms. The van der Waals surface area contributed by atoms with E-state index < -0.39 is 0 Å². The van der Waals surface area contributed by atoms with Crippen molar-refractivity contribution in [2.45, 2.75) is 40.2 Å². The molecule has 0 aromatic rings. The smallest absolute Gasteiger partial charge is 0.191 e. The minimum atomic E-state index is 0. The Morgan fingerprint density at radius 1 is 1.10 bits per heavy atom. The van der Waals surface area contributed by atoms with Crippen LogP contribution in [0.2, 0.25) is 0 Å². The molecule has 0 aliphatic carbocycles. The van der Waals surface area contributed by atoms with Crippen LogP contribution in [0, 0.1) is 0 Å². The van der Waals surface area contributed by atoms with Crippen LogP contribution in [0.25, 0.3) is 0 Å². The summed E-state index contributed by atoms with van der Waals surface area (Å²) >= 11 is 0. The van der Waals surface area contributed by atoms with E-state index in [0.717, 1.165) is 32.0 Å². The van der Waals surface area contributed by atoms with Gasteiger partial charge in [0, 0.05) is 45.3 Å². The first-order valence-corrected chi connectivity index (χ1v) is 8.19. The molecule has 1 aliphatic heterocycles. The second-order valence-electron chi connectivity index (χ2n) is 5.47. The number of rotatable bonds is 7. The second kappa shape index (κ2) is 12.5. The summed E-state index contributed by atoms with van der Waals surface area (Å²) in [6.45, 7) is 17.5. The molecule has 1 atom stereocenters. The summed E-state index contributed by atoms with van der Waals surface area (Å²) in [6.07, 6.45) is 1.12. The lowest BCUT2D eigenvalue weighted by atomic mass is 10.2. The lowest BCUT2D eigenvalue weighted by Gasteiger charge is -2.37. The fraction of sp³-hybridized carbons (Fsp3) is 0.933. The van der Waals surface area contributed by atoms with Crippen LogP contribution in [-0.2, 0) is 0 Å². The number of guanidine groups is 1. The highest BCUT2D eigenvalue weighted by atomic mass is 127. The van der Waals surface area contributed by atoms with E-state index in [1.807, 2.05) is 0 Å². The van der Waals surface area contributed by atoms with Crippen molar-refractivity contribution in [3.05, 3.63) is 0 Å². The second-order valence-corrected chi connectivity index (χ2v) is 5.47. The van der Waals surface area contributed by atoms with Crippen molar-refractivity contribution in [2.75, 3.05) is 52.4 Å². The molecule has 1 unspecified atom stereocenters. The van der Waals surface area contributed by atoms with Crippen molar-refractivity contribution in [1.82, 2.24) is 20.4 Å². The van der Waals surface area contributed by atoms with Crippen molar-refractivity contribution in [3.63, 3.8) is 0 Å². The molecule has 0 radical (unpaired) electrons. The standard InChI is InChI=1S/C15H33N5.HI/c1-5-8-17-15(16-6-2)18-13-14(4)20-11-9-19(7-3)10-12-20;/h14H,5-13H2,1-4H3,(H2,16,17,18);1H. The Kier molecular flexibility index (Phi) is 12.4. The average Bonchev–Trinajstić information content (AvgIpc) is 2.49. The summed E-state index contributed by atoms with van der Waals surface area (Å²) in [6, 6.07) is 0.520. The first-order chi connectivity index (χ1) is 9.71. The first kappa shape index (κ1) is 20.9. The number of nitrogens with one attached hydrogen (secondary N) is 2. The quantitative estimate of drug-likeness (QED) is 0.380. The van der Waals surface area contributed by atoms with Crippen LogP contribution in [0.15, 0.2) is 4.99 Å². The summed E-state index contributed by atoms with van der Waals surface area (Å²) in [5.74, 6) is 0.952. The molecule has 0 aromatic heterocycles. The molecule has 2 N–H and O–H groups in total. The SMILES string of the molecule is CCCNC(=NCC(C)N1CCN(CC)CC1)NCC.I. The normalized spacial score (nSPS) is 19.0. The number of aliphatic imine (C=N–C) groups is 1. The van der Waals surface area contributed by atoms with Gasteiger partial charge in [-0.3, -0.25) is 9.89 Å². The molecular formula is C15H34IN5. The zero-order valence-electron chi connectivity index (χ0n) is 14.2. The van der Waals surface area contributed by atoms with Gasteiger partial charge < -0.3 is 15.5 Å². The van der Waals surface area contributed by atoms with Crippen LogP contribution in [-0.4, -0.2) is 74.2 Å². The molecule has 1 heterocycles. The average molecular weight is 411 g/mol. The van der Waals surface area contributed by atoms with Gasteiger partial charge in [-0.25, -0.2) is 0 Å². The number of nitrogens with zero attached hydrogens (tertiary/aromatic N) is 3. The van der Waals surface area contributed by atoms with Gasteiger partial charge in [-0.15, -0.1) is 24.0 Å². The Bertz CT molecular complexity index is 277. The molecular weight excluding hydrogens is 377 g/mol. The van der Waals surface area contributed by atoms with E-state index in [1.165, 1.54) is 32.7 Å². The zero-order valence-corrected chi connectivity index (χ0v) is 16.5. The predicted molar refractivity (Wildman–Crippen MR) is 103 cm³/mol. The Morgan fingerprint density at radius 2 is 1.76 bits per heavy atom. The van der Waals surface area contributed by atoms with E-state index in [9.17, 15) is 0 Å². The maximum atomic E-state index is 4.70. The zero-order chi connectivity index (χ0) is 14.8. The third kappa shape index (κ3) is 8.21. The summed E-state index contributed by atoms with van der Waals surface area (Å²) in [7, 11) is 0. The molecule has 0 saturated carbocycles. The van der Waals surface area contributed by atoms with Crippen LogP contribution in [0.4, 0.5) is 0 Å². The third-order valence-electron chi connectivity index (χ3n) is 3.88. The van der Waals surface area contributed by atoms with E-state index in [0.29, 0.717) is 6.04 Å². The van der Waals surface area contributed by atoms with Gasteiger partial charge in [-0.1, -0.05) is 13.8 Å². The van der Waals surface area contributed by atoms with Crippen LogP contribution < -0.4 is 10.6 Å². The van der Waals surface area contributed by atoms with Gasteiger partial charge in [0.25, 0.3) is 0 Å². The molecule has 1 saturated heterocycles. The van der Waals surface area contributed by atoms with Crippen molar-refractivity contribution in [3.8, 4) is 0 Å². The van der Waals surface area contributed by atoms with E-state index in [2.05, 4.69) is 48.1 Å². The summed E-state index contributed by atoms with van der Waals surface area (Å²) in [4.78, 5) is 9.77. The lowest BCUT2D eigenvalue weighted by molar-refractivity contribution is 0.109. The van der Waals surface area contributed by atoms with Crippen LogP contribution >= 0.6 is 24.0 Å². The monoisotopic (exact) mass is 411 g/mol. The van der Waals surface area contributed by atoms with Gasteiger partial charge in [-0.2, -0.15) is 0 Å². The van der Waals surface area contributed by atoms with E-state index in [-0.39, 0.29) is 24.0 Å². The number of piperazine rings is 1. The molecule has 0 bridgehead atoms. The fourth-order valence-electron chi connectivity index (χ4n) is 2.44. The Labute approximate surface area is 148 Å². The highest BCUT2D eigenvalue weighted by Gasteiger charge is 2.19. The summed E-state index contributed by atoms with van der Waals surface area (Å²) < 4.78 is 0. The van der Waals surface area contributed by atoms with Gasteiger partial charge >= 0.3 is 0 Å².